The van der Waals surface area contributed by atoms with Gasteiger partial charge in [0.1, 0.15) is 24.0 Å². The number of carbonyl (C=O) groups excluding carboxylic acids is 1. The first-order valence-electron chi connectivity index (χ1n) is 11.0. The van der Waals surface area contributed by atoms with E-state index < -0.39 is 28.6 Å². The van der Waals surface area contributed by atoms with E-state index in [9.17, 15) is 18.0 Å². The van der Waals surface area contributed by atoms with Gasteiger partial charge in [-0.15, -0.1) is 0 Å². The quantitative estimate of drug-likeness (QED) is 0.512. The van der Waals surface area contributed by atoms with Crippen molar-refractivity contribution in [2.75, 3.05) is 18.9 Å². The molecule has 1 aliphatic carbocycles. The number of aromatic amines is 1. The van der Waals surface area contributed by atoms with Crippen LogP contribution in [-0.2, 0) is 21.1 Å². The fourth-order valence-corrected chi connectivity index (χ4v) is 4.92. The van der Waals surface area contributed by atoms with Gasteiger partial charge in [-0.2, -0.15) is 13.2 Å². The van der Waals surface area contributed by atoms with Gasteiger partial charge in [0.2, 0.25) is 0 Å². The summed E-state index contributed by atoms with van der Waals surface area (Å²) in [5, 5.41) is 0.210. The number of fused-ring (bicyclic) bond motifs is 4. The molecule has 1 atom stereocenters. The van der Waals surface area contributed by atoms with E-state index in [0.717, 1.165) is 0 Å². The Bertz CT molecular complexity index is 1320. The van der Waals surface area contributed by atoms with Crippen molar-refractivity contribution in [3.63, 3.8) is 0 Å². The molecule has 5 rings (SSSR count). The van der Waals surface area contributed by atoms with Crippen LogP contribution in [0.2, 0.25) is 0 Å². The number of nitrogens with one attached hydrogen (secondary N) is 1. The van der Waals surface area contributed by atoms with Crippen LogP contribution < -0.4 is 10.5 Å². The molecular weight excluding hydrogens is 449 g/mol. The lowest BCUT2D eigenvalue weighted by Gasteiger charge is -2.32. The third-order valence-electron chi connectivity index (χ3n) is 6.55. The molecule has 1 fully saturated rings. The van der Waals surface area contributed by atoms with Crippen LogP contribution in [0.1, 0.15) is 60.4 Å². The number of halogens is 3. The van der Waals surface area contributed by atoms with E-state index in [4.69, 9.17) is 19.9 Å². The first kappa shape index (κ1) is 22.7. The number of benzene rings is 2. The third-order valence-corrected chi connectivity index (χ3v) is 6.55. The maximum Gasteiger partial charge on any atom is 0.420 e. The number of carbonyl (C=O) groups is 1. The lowest BCUT2D eigenvalue weighted by Crippen LogP contribution is -2.30. The number of alkyl halides is 3. The summed E-state index contributed by atoms with van der Waals surface area (Å²) < 4.78 is 58.6. The number of nitrogen functional groups attached to an aromatic ring is 1. The topological polar surface area (TPSA) is 86.6 Å². The fourth-order valence-electron chi connectivity index (χ4n) is 4.92. The van der Waals surface area contributed by atoms with E-state index in [-0.39, 0.29) is 35.0 Å². The van der Waals surface area contributed by atoms with Crippen molar-refractivity contribution in [3.8, 4) is 5.75 Å². The summed E-state index contributed by atoms with van der Waals surface area (Å²) in [4.78, 5) is 16.4. The van der Waals surface area contributed by atoms with Crippen molar-refractivity contribution in [3.05, 3.63) is 58.3 Å². The Morgan fingerprint density at radius 1 is 1.18 bits per heavy atom. The first-order chi connectivity index (χ1) is 15.8. The van der Waals surface area contributed by atoms with Gasteiger partial charge in [-0.25, -0.2) is 0 Å². The molecule has 9 heteroatoms. The number of anilines is 1. The number of ether oxygens (including phenoxy) is 3. The molecule has 2 aromatic carbocycles. The van der Waals surface area contributed by atoms with E-state index in [2.05, 4.69) is 4.98 Å². The molecule has 0 amide bonds. The Morgan fingerprint density at radius 2 is 1.91 bits per heavy atom. The van der Waals surface area contributed by atoms with Crippen molar-refractivity contribution in [2.24, 2.45) is 0 Å². The highest BCUT2D eigenvalue weighted by molar-refractivity contribution is 6.20. The molecule has 0 saturated carbocycles. The largest absolute Gasteiger partial charge is 0.491 e. The van der Waals surface area contributed by atoms with Gasteiger partial charge in [0.15, 0.2) is 11.6 Å². The van der Waals surface area contributed by atoms with Gasteiger partial charge >= 0.3 is 6.18 Å². The third kappa shape index (κ3) is 3.45. The highest BCUT2D eigenvalue weighted by Crippen LogP contribution is 2.47. The second-order valence-corrected chi connectivity index (χ2v) is 9.75. The van der Waals surface area contributed by atoms with Crippen LogP contribution >= 0.6 is 0 Å². The molecule has 6 nitrogen and oxygen atoms in total. The molecule has 0 unspecified atom stereocenters. The van der Waals surface area contributed by atoms with Crippen molar-refractivity contribution >= 4 is 22.4 Å². The van der Waals surface area contributed by atoms with E-state index >= 15 is 0 Å². The fraction of sp³-hybridized carbons (Fsp3) is 0.400. The van der Waals surface area contributed by atoms with Gasteiger partial charge in [0.25, 0.3) is 0 Å². The lowest BCUT2D eigenvalue weighted by atomic mass is 9.71. The van der Waals surface area contributed by atoms with Crippen LogP contribution in [-0.4, -0.2) is 35.9 Å². The predicted molar refractivity (Wildman–Crippen MR) is 120 cm³/mol. The standard InChI is InChI=1S/C25H25F3N2O4/c1-23(2)16-9-12(32-10-13-11-33-24(3,4)34-13)5-6-14(16)21(31)18-15-7-8-17(29)19(25(26,27)28)20(15)30-22(18)23/h5-9,13,30H,10-11,29H2,1-4H3/t13-/m0/s1. The zero-order valence-electron chi connectivity index (χ0n) is 19.2. The predicted octanol–water partition coefficient (Wildman–Crippen LogP) is 5.17. The molecule has 0 radical (unpaired) electrons. The Morgan fingerprint density at radius 3 is 2.56 bits per heavy atom. The van der Waals surface area contributed by atoms with Crippen molar-refractivity contribution in [1.29, 1.82) is 0 Å². The maximum atomic E-state index is 13.8. The molecule has 3 N–H and O–H groups in total. The number of rotatable bonds is 3. The van der Waals surface area contributed by atoms with Crippen LogP contribution in [0.5, 0.6) is 5.75 Å². The zero-order valence-corrected chi connectivity index (χ0v) is 19.2. The molecule has 1 saturated heterocycles. The summed E-state index contributed by atoms with van der Waals surface area (Å²) in [7, 11) is 0. The molecule has 1 aromatic heterocycles. The second-order valence-electron chi connectivity index (χ2n) is 9.75. The average Bonchev–Trinajstić information content (AvgIpc) is 3.30. The van der Waals surface area contributed by atoms with E-state index in [0.29, 0.717) is 29.2 Å². The minimum absolute atomic E-state index is 0.177. The SMILES string of the molecule is CC1(C)OC[C@H](COc2ccc3c(c2)C(C)(C)c2[nH]c4c(C(F)(F)F)c(N)ccc4c2C3=O)O1. The number of hydrogen-bond acceptors (Lipinski definition) is 5. The Labute approximate surface area is 194 Å². The maximum absolute atomic E-state index is 13.8. The van der Waals surface area contributed by atoms with Gasteiger partial charge in [0.05, 0.1) is 17.7 Å². The number of H-pyrrole nitrogens is 1. The van der Waals surface area contributed by atoms with Crippen LogP contribution in [0, 0.1) is 0 Å². The number of aromatic nitrogens is 1. The van der Waals surface area contributed by atoms with Crippen molar-refractivity contribution in [1.82, 2.24) is 4.98 Å². The summed E-state index contributed by atoms with van der Waals surface area (Å²) in [6.45, 7) is 8.06. The first-order valence-corrected chi connectivity index (χ1v) is 11.0. The highest BCUT2D eigenvalue weighted by Gasteiger charge is 2.43. The van der Waals surface area contributed by atoms with E-state index in [1.165, 1.54) is 12.1 Å². The minimum atomic E-state index is -4.67. The van der Waals surface area contributed by atoms with Crippen LogP contribution in [0.4, 0.5) is 18.9 Å². The molecule has 2 heterocycles. The molecule has 0 bridgehead atoms. The lowest BCUT2D eigenvalue weighted by molar-refractivity contribution is -0.141. The van der Waals surface area contributed by atoms with Crippen molar-refractivity contribution < 1.29 is 32.2 Å². The summed E-state index contributed by atoms with van der Waals surface area (Å²) >= 11 is 0. The highest BCUT2D eigenvalue weighted by atomic mass is 19.4. The normalized spacial score (nSPS) is 20.9. The molecule has 1 aliphatic heterocycles. The summed E-state index contributed by atoms with van der Waals surface area (Å²) in [6.07, 6.45) is -4.90. The molecule has 180 valence electrons. The second kappa shape index (κ2) is 7.23. The summed E-state index contributed by atoms with van der Waals surface area (Å²) in [6, 6.07) is 7.78. The monoisotopic (exact) mass is 474 g/mol. The number of nitrogens with two attached hydrogens (primary N) is 1. The Kier molecular flexibility index (Phi) is 4.83. The molecular formula is C25H25F3N2O4. The molecule has 34 heavy (non-hydrogen) atoms. The van der Waals surface area contributed by atoms with E-state index in [1.807, 2.05) is 27.7 Å². The van der Waals surface area contributed by atoms with Crippen LogP contribution in [0.25, 0.3) is 10.9 Å². The smallest absolute Gasteiger partial charge is 0.420 e. The van der Waals surface area contributed by atoms with Gasteiger partial charge in [-0.05, 0) is 43.7 Å². The molecule has 3 aromatic rings. The van der Waals surface area contributed by atoms with Crippen molar-refractivity contribution in [2.45, 2.75) is 51.2 Å². The zero-order chi connectivity index (χ0) is 24.6. The molecule has 2 aliphatic rings. The van der Waals surface area contributed by atoms with E-state index in [1.54, 1.807) is 18.2 Å². The van der Waals surface area contributed by atoms with Gasteiger partial charge in [0, 0.05) is 27.7 Å². The van der Waals surface area contributed by atoms with Gasteiger partial charge in [-0.1, -0.05) is 19.9 Å². The summed E-state index contributed by atoms with van der Waals surface area (Å²) in [5.41, 5.74) is 5.12. The Hall–Kier alpha value is -3.04. The van der Waals surface area contributed by atoms with Gasteiger partial charge < -0.3 is 24.9 Å². The van der Waals surface area contributed by atoms with Gasteiger partial charge in [-0.3, -0.25) is 4.79 Å². The Balaban J connectivity index is 1.56. The minimum Gasteiger partial charge on any atom is -0.491 e. The number of hydrogen-bond donors (Lipinski definition) is 2. The van der Waals surface area contributed by atoms with Crippen LogP contribution in [0.3, 0.4) is 0 Å². The number of ketones is 1. The molecule has 0 spiro atoms. The average molecular weight is 474 g/mol. The summed E-state index contributed by atoms with van der Waals surface area (Å²) in [5.74, 6) is -0.467. The van der Waals surface area contributed by atoms with Crippen LogP contribution in [0.15, 0.2) is 30.3 Å².